The molecule has 0 heterocycles. The van der Waals surface area contributed by atoms with Gasteiger partial charge in [-0.2, -0.15) is 0 Å². The molecule has 0 rings (SSSR count). The van der Waals surface area contributed by atoms with Crippen molar-refractivity contribution < 1.29 is 81.7 Å². The Hall–Kier alpha value is 1.83. The largest absolute Gasteiger partial charge is 1.00 e. The van der Waals surface area contributed by atoms with Gasteiger partial charge in [0.2, 0.25) is 0 Å². The molecule has 0 aliphatic heterocycles. The summed E-state index contributed by atoms with van der Waals surface area (Å²) in [4.78, 5) is 0. The van der Waals surface area contributed by atoms with Crippen LogP contribution in [0.15, 0.2) is 0 Å². The molecule has 0 aliphatic rings. The van der Waals surface area contributed by atoms with Gasteiger partial charge in [0, 0.05) is 17.0 Å². The zero-order chi connectivity index (χ0) is 10.9. The van der Waals surface area contributed by atoms with E-state index in [0.717, 1.165) is 12.3 Å². The van der Waals surface area contributed by atoms with Gasteiger partial charge >= 0.3 is 59.1 Å². The van der Waals surface area contributed by atoms with Crippen molar-refractivity contribution in [2.75, 3.05) is 6.61 Å². The van der Waals surface area contributed by atoms with E-state index in [0.29, 0.717) is 6.61 Å². The van der Waals surface area contributed by atoms with E-state index >= 15 is 0 Å². The minimum atomic E-state index is -5.17. The van der Waals surface area contributed by atoms with Crippen LogP contribution in [-0.2, 0) is 10.4 Å². The first-order chi connectivity index (χ1) is 5.77. The first kappa shape index (κ1) is 25.6. The third kappa shape index (κ3) is 64.9. The van der Waals surface area contributed by atoms with E-state index < -0.39 is 10.4 Å². The molecule has 0 amide bonds. The van der Waals surface area contributed by atoms with Crippen LogP contribution in [-0.4, -0.2) is 29.2 Å². The first-order valence-corrected chi connectivity index (χ1v) is 5.38. The van der Waals surface area contributed by atoms with Gasteiger partial charge < -0.3 is 14.2 Å². The summed E-state index contributed by atoms with van der Waals surface area (Å²) in [7, 11) is -5.17. The number of aliphatic hydroxyl groups excluding tert-OH is 1. The molecule has 0 radical (unpaired) electrons. The first-order valence-electron chi connectivity index (χ1n) is 4.05. The van der Waals surface area contributed by atoms with E-state index in [1.54, 1.807) is 0 Å². The van der Waals surface area contributed by atoms with Crippen molar-refractivity contribution in [3.63, 3.8) is 0 Å². The zero-order valence-electron chi connectivity index (χ0n) is 9.89. The molecule has 0 saturated carbocycles. The molecule has 0 aromatic heterocycles. The second-order valence-corrected chi connectivity index (χ2v) is 3.84. The second-order valence-electron chi connectivity index (χ2n) is 3.02. The summed E-state index contributed by atoms with van der Waals surface area (Å²) in [5, 5.41) is 8.38. The van der Waals surface area contributed by atoms with E-state index in [1.807, 2.05) is 0 Å². The Morgan fingerprint density at radius 3 is 1.67 bits per heavy atom. The summed E-state index contributed by atoms with van der Waals surface area (Å²) in [5.74, 6) is 0.793. The standard InChI is InChI=1S/C7H16O.2Na.H2O4S/c1-7(2)5-3-4-6-8;;;1-5(2,3)4/h7-8H,3-6H2,1-2H3;;;(H2,1,2,3,4)/q;2*+1;/p-2. The molecule has 0 aromatic carbocycles. The van der Waals surface area contributed by atoms with Crippen molar-refractivity contribution in [2.24, 2.45) is 5.92 Å². The van der Waals surface area contributed by atoms with Gasteiger partial charge in [0.1, 0.15) is 0 Å². The van der Waals surface area contributed by atoms with Gasteiger partial charge in [-0.3, -0.25) is 8.42 Å². The summed E-state index contributed by atoms with van der Waals surface area (Å²) >= 11 is 0. The third-order valence-corrected chi connectivity index (χ3v) is 1.19. The van der Waals surface area contributed by atoms with Crippen LogP contribution in [0, 0.1) is 5.92 Å². The van der Waals surface area contributed by atoms with Gasteiger partial charge in [-0.05, 0) is 12.3 Å². The summed E-state index contributed by atoms with van der Waals surface area (Å²) in [6.07, 6.45) is 3.40. The Morgan fingerprint density at radius 2 is 1.47 bits per heavy atom. The molecule has 15 heavy (non-hydrogen) atoms. The fraction of sp³-hybridized carbons (Fsp3) is 1.00. The van der Waals surface area contributed by atoms with E-state index in [2.05, 4.69) is 13.8 Å². The van der Waals surface area contributed by atoms with E-state index in [1.165, 1.54) is 12.8 Å². The maximum atomic E-state index is 8.52. The Balaban J connectivity index is -0.0000000770. The predicted octanol–water partition coefficient (Wildman–Crippen LogP) is -5.52. The molecule has 82 valence electrons. The third-order valence-electron chi connectivity index (χ3n) is 1.19. The molecule has 1 N–H and O–H groups in total. The minimum absolute atomic E-state index is 0. The van der Waals surface area contributed by atoms with Crippen molar-refractivity contribution in [3.05, 3.63) is 0 Å². The molecule has 5 nitrogen and oxygen atoms in total. The maximum absolute atomic E-state index is 8.52. The molecule has 0 aromatic rings. The monoisotopic (exact) mass is 258 g/mol. The normalized spacial score (nSPS) is 9.47. The van der Waals surface area contributed by atoms with Crippen molar-refractivity contribution in [3.8, 4) is 0 Å². The predicted molar refractivity (Wildman–Crippen MR) is 46.2 cm³/mol. The van der Waals surface area contributed by atoms with Gasteiger partial charge in [0.05, 0.1) is 0 Å². The quantitative estimate of drug-likeness (QED) is 0.235. The van der Waals surface area contributed by atoms with Crippen molar-refractivity contribution >= 4 is 10.4 Å². The average molecular weight is 258 g/mol. The molecule has 0 bridgehead atoms. The molecular formula is C7H16Na2O5S. The maximum Gasteiger partial charge on any atom is 1.00 e. The number of hydrogen-bond acceptors (Lipinski definition) is 5. The van der Waals surface area contributed by atoms with Crippen LogP contribution in [0.4, 0.5) is 0 Å². The number of aliphatic hydroxyl groups is 1. The smallest absolute Gasteiger partial charge is 0.759 e. The number of hydrogen-bond donors (Lipinski definition) is 1. The van der Waals surface area contributed by atoms with Gasteiger partial charge in [0.15, 0.2) is 0 Å². The van der Waals surface area contributed by atoms with Crippen LogP contribution in [0.1, 0.15) is 33.1 Å². The summed E-state index contributed by atoms with van der Waals surface area (Å²) in [5.41, 5.74) is 0. The SMILES string of the molecule is CC(C)CCCCO.O=S(=O)([O-])[O-].[Na+].[Na+]. The topological polar surface area (TPSA) is 100 Å². The molecular weight excluding hydrogens is 242 g/mol. The number of unbranched alkanes of at least 4 members (excludes halogenated alkanes) is 1. The summed E-state index contributed by atoms with van der Waals surface area (Å²) in [6, 6.07) is 0. The molecule has 0 saturated heterocycles. The number of rotatable bonds is 4. The van der Waals surface area contributed by atoms with Crippen LogP contribution in [0.3, 0.4) is 0 Å². The molecule has 0 aliphatic carbocycles. The van der Waals surface area contributed by atoms with Crippen LogP contribution in [0.2, 0.25) is 0 Å². The summed E-state index contributed by atoms with van der Waals surface area (Å²) < 4.78 is 34.1. The Bertz CT molecular complexity index is 186. The Labute approximate surface area is 136 Å². The fourth-order valence-corrected chi connectivity index (χ4v) is 0.664. The zero-order valence-corrected chi connectivity index (χ0v) is 14.7. The summed E-state index contributed by atoms with van der Waals surface area (Å²) in [6.45, 7) is 4.77. The van der Waals surface area contributed by atoms with Gasteiger partial charge in [-0.1, -0.05) is 26.7 Å². The average Bonchev–Trinajstić information content (AvgIpc) is 1.83. The fourth-order valence-electron chi connectivity index (χ4n) is 0.664. The molecule has 0 unspecified atom stereocenters. The molecule has 8 heteroatoms. The van der Waals surface area contributed by atoms with Gasteiger partial charge in [-0.25, -0.2) is 0 Å². The van der Waals surface area contributed by atoms with Crippen LogP contribution < -0.4 is 59.1 Å². The van der Waals surface area contributed by atoms with Crippen LogP contribution in [0.25, 0.3) is 0 Å². The van der Waals surface area contributed by atoms with Gasteiger partial charge in [-0.15, -0.1) is 0 Å². The van der Waals surface area contributed by atoms with Gasteiger partial charge in [0.25, 0.3) is 0 Å². The molecule has 0 spiro atoms. The van der Waals surface area contributed by atoms with E-state index in [4.69, 9.17) is 22.6 Å². The molecule has 0 fully saturated rings. The minimum Gasteiger partial charge on any atom is -0.759 e. The Kier molecular flexibility index (Phi) is 27.0. The van der Waals surface area contributed by atoms with E-state index in [9.17, 15) is 0 Å². The second kappa shape index (κ2) is 15.8. The van der Waals surface area contributed by atoms with Crippen molar-refractivity contribution in [2.45, 2.75) is 33.1 Å². The van der Waals surface area contributed by atoms with Crippen molar-refractivity contribution in [1.29, 1.82) is 0 Å². The van der Waals surface area contributed by atoms with E-state index in [-0.39, 0.29) is 59.1 Å². The van der Waals surface area contributed by atoms with Crippen LogP contribution in [0.5, 0.6) is 0 Å². The molecule has 0 atom stereocenters. The Morgan fingerprint density at radius 1 is 1.13 bits per heavy atom. The van der Waals surface area contributed by atoms with Crippen molar-refractivity contribution in [1.82, 2.24) is 0 Å². The van der Waals surface area contributed by atoms with Crippen LogP contribution >= 0.6 is 0 Å².